The molecule has 0 aliphatic carbocycles. The maximum Gasteiger partial charge on any atom is 0.416 e. The van der Waals surface area contributed by atoms with Crippen LogP contribution in [0.3, 0.4) is 0 Å². The molecule has 1 unspecified atom stereocenters. The third kappa shape index (κ3) is 14.6. The molecule has 0 saturated carbocycles. The third-order valence-corrected chi connectivity index (χ3v) is 17.0. The van der Waals surface area contributed by atoms with Crippen molar-refractivity contribution in [3.63, 3.8) is 0 Å². The number of esters is 2. The van der Waals surface area contributed by atoms with E-state index in [0.29, 0.717) is 86.7 Å². The number of nitrogens with zero attached hydrogens (tertiary/aromatic N) is 9. The minimum Gasteiger partial charge on any atom is -0.494 e. The van der Waals surface area contributed by atoms with Gasteiger partial charge >= 0.3 is 18.1 Å². The minimum atomic E-state index is -4.59. The highest BCUT2D eigenvalue weighted by atomic mass is 19.4. The highest BCUT2D eigenvalue weighted by Gasteiger charge is 2.45. The van der Waals surface area contributed by atoms with Crippen LogP contribution in [0, 0.1) is 0 Å². The van der Waals surface area contributed by atoms with Gasteiger partial charge in [-0.3, -0.25) is 39.3 Å². The van der Waals surface area contributed by atoms with Crippen molar-refractivity contribution in [2.45, 2.75) is 110 Å². The summed E-state index contributed by atoms with van der Waals surface area (Å²) in [5, 5.41) is 12.1. The van der Waals surface area contributed by atoms with Gasteiger partial charge in [-0.25, -0.2) is 14.6 Å². The lowest BCUT2D eigenvalue weighted by molar-refractivity contribution is -0.172. The van der Waals surface area contributed by atoms with Gasteiger partial charge in [-0.2, -0.15) is 13.2 Å². The molecular weight excluding hydrogens is 1200 g/mol. The van der Waals surface area contributed by atoms with Crippen molar-refractivity contribution in [3.8, 4) is 22.9 Å². The molecule has 8 heterocycles. The summed E-state index contributed by atoms with van der Waals surface area (Å²) in [6.45, 7) is 7.57. The number of aromatic nitrogens is 6. The Morgan fingerprint density at radius 2 is 1.20 bits per heavy atom. The standard InChI is InChI=1S/C74H68F3N9O8/c1-3-61-62-38-59(27-28-66(62)82-68-63(61)47-86-67(68)39-65-64(70(86)88)48-93-72(90)73(65,91)4-2)94-71(89)53-21-19-49(20-22-53)42-85(69(87)52-23-25-54(26-24-52)74(75,76)77)33-13-14-34-92-60-36-50(40-83(43-55-15-5-9-29-78-55)44-56-16-6-10-30-79-56)35-51(37-60)41-84(45-57-17-7-11-31-80-57)46-58-18-8-12-32-81-58/h5-12,15-32,35-39,91H,3-4,13-14,33-34,40-48H2,1-2H3. The van der Waals surface area contributed by atoms with Crippen LogP contribution < -0.4 is 15.0 Å². The zero-order chi connectivity index (χ0) is 65.3. The number of hydrogen-bond acceptors (Lipinski definition) is 15. The van der Waals surface area contributed by atoms with Gasteiger partial charge in [0.15, 0.2) is 5.60 Å². The van der Waals surface area contributed by atoms with Gasteiger partial charge in [0.25, 0.3) is 11.5 Å². The fourth-order valence-corrected chi connectivity index (χ4v) is 12.3. The Balaban J connectivity index is 0.750. The molecule has 1 atom stereocenters. The summed E-state index contributed by atoms with van der Waals surface area (Å²) >= 11 is 0. The monoisotopic (exact) mass is 1270 g/mol. The molecule has 12 rings (SSSR count). The number of fused-ring (bicyclic) bond motifs is 5. The molecule has 6 aromatic heterocycles. The summed E-state index contributed by atoms with van der Waals surface area (Å²) in [5.41, 5.74) is 7.26. The Kier molecular flexibility index (Phi) is 19.2. The Hall–Kier alpha value is -10.3. The van der Waals surface area contributed by atoms with Crippen LogP contribution in [0.25, 0.3) is 22.3 Å². The van der Waals surface area contributed by atoms with Crippen LogP contribution >= 0.6 is 0 Å². The molecule has 1 N–H and O–H groups in total. The lowest BCUT2D eigenvalue weighted by Crippen LogP contribution is -2.44. The number of pyridine rings is 6. The summed E-state index contributed by atoms with van der Waals surface area (Å²) in [5.74, 6) is -0.990. The van der Waals surface area contributed by atoms with Crippen molar-refractivity contribution < 1.29 is 46.9 Å². The SMILES string of the molecule is CCc1c2c(nc3ccc(OC(=O)c4ccc(CN(CCCCOc5cc(CN(Cc6ccccn6)Cc6ccccn6)cc(CN(Cc6ccccn6)Cc6ccccn6)c5)C(=O)c5ccc(C(F)(F)F)cc5)cc4)cc13)-c1cc3c(c(=O)n1C2)COC(=O)C3(O)CC. The number of rotatable bonds is 25. The first-order chi connectivity index (χ1) is 45.6. The van der Waals surface area contributed by atoms with Crippen LogP contribution in [0.2, 0.25) is 0 Å². The van der Waals surface area contributed by atoms with Crippen LogP contribution in [0.4, 0.5) is 13.2 Å². The molecule has 2 aliphatic rings. The third-order valence-electron chi connectivity index (χ3n) is 17.0. The van der Waals surface area contributed by atoms with E-state index in [1.807, 2.05) is 79.7 Å². The Morgan fingerprint density at radius 3 is 1.73 bits per heavy atom. The number of halogens is 3. The molecule has 0 saturated heterocycles. The highest BCUT2D eigenvalue weighted by Crippen LogP contribution is 2.41. The molecule has 0 bridgehead atoms. The van der Waals surface area contributed by atoms with Crippen molar-refractivity contribution in [2.75, 3.05) is 13.2 Å². The first-order valence-corrected chi connectivity index (χ1v) is 31.3. The quantitative estimate of drug-likeness (QED) is 0.0322. The average molecular weight is 1270 g/mol. The summed E-state index contributed by atoms with van der Waals surface area (Å²) < 4.78 is 60.5. The lowest BCUT2D eigenvalue weighted by atomic mass is 9.86. The van der Waals surface area contributed by atoms with E-state index < -0.39 is 35.2 Å². The number of unbranched alkanes of at least 4 members (excludes halogenated alkanes) is 1. The topological polar surface area (TPSA) is 195 Å². The Bertz CT molecular complexity index is 4220. The Labute approximate surface area is 541 Å². The zero-order valence-electron chi connectivity index (χ0n) is 52.0. The highest BCUT2D eigenvalue weighted by molar-refractivity contribution is 5.95. The van der Waals surface area contributed by atoms with Crippen molar-refractivity contribution in [1.82, 2.24) is 44.2 Å². The molecule has 4 aromatic carbocycles. The van der Waals surface area contributed by atoms with E-state index in [2.05, 4.69) is 47.9 Å². The number of ether oxygens (including phenoxy) is 3. The van der Waals surface area contributed by atoms with Crippen LogP contribution in [0.15, 0.2) is 193 Å². The van der Waals surface area contributed by atoms with Crippen LogP contribution in [-0.2, 0) is 86.7 Å². The van der Waals surface area contributed by atoms with Gasteiger partial charge in [0.1, 0.15) is 18.1 Å². The second-order valence-electron chi connectivity index (χ2n) is 23.6. The number of cyclic esters (lactones) is 1. The minimum absolute atomic E-state index is 0.0201. The van der Waals surface area contributed by atoms with Gasteiger partial charge in [-0.05, 0) is 169 Å². The fourth-order valence-electron chi connectivity index (χ4n) is 12.3. The molecular formula is C74H68F3N9O8. The molecule has 478 valence electrons. The molecule has 20 heteroatoms. The first-order valence-electron chi connectivity index (χ1n) is 31.3. The number of carbonyl (C=O) groups excluding carboxylic acids is 3. The number of amides is 1. The van der Waals surface area contributed by atoms with Gasteiger partial charge in [-0.1, -0.05) is 56.3 Å². The largest absolute Gasteiger partial charge is 0.494 e. The number of hydrogen-bond donors (Lipinski definition) is 1. The van der Waals surface area contributed by atoms with Crippen LogP contribution in [0.5, 0.6) is 11.5 Å². The van der Waals surface area contributed by atoms with E-state index in [0.717, 1.165) is 62.5 Å². The maximum absolute atomic E-state index is 14.3. The second-order valence-corrected chi connectivity index (χ2v) is 23.6. The lowest BCUT2D eigenvalue weighted by Gasteiger charge is -2.31. The molecule has 0 fully saturated rings. The molecule has 0 radical (unpaired) electrons. The Morgan fingerprint density at radius 1 is 0.628 bits per heavy atom. The molecule has 94 heavy (non-hydrogen) atoms. The van der Waals surface area contributed by atoms with Gasteiger partial charge in [0, 0.05) is 99.2 Å². The smallest absolute Gasteiger partial charge is 0.416 e. The van der Waals surface area contributed by atoms with Crippen molar-refractivity contribution in [2.24, 2.45) is 0 Å². The number of carbonyl (C=O) groups is 3. The van der Waals surface area contributed by atoms with E-state index in [1.54, 1.807) is 89.7 Å². The molecule has 10 aromatic rings. The molecule has 0 spiro atoms. The van der Waals surface area contributed by atoms with Crippen molar-refractivity contribution in [3.05, 3.63) is 277 Å². The predicted molar refractivity (Wildman–Crippen MR) is 346 cm³/mol. The van der Waals surface area contributed by atoms with E-state index in [9.17, 15) is 37.5 Å². The summed E-state index contributed by atoms with van der Waals surface area (Å²) in [6.07, 6.45) is 4.14. The van der Waals surface area contributed by atoms with E-state index in [-0.39, 0.29) is 72.8 Å². The van der Waals surface area contributed by atoms with Crippen LogP contribution in [-0.4, -0.2) is 80.3 Å². The van der Waals surface area contributed by atoms with Crippen molar-refractivity contribution >= 4 is 28.7 Å². The normalized spacial score (nSPS) is 14.1. The van der Waals surface area contributed by atoms with Gasteiger partial charge in [-0.15, -0.1) is 0 Å². The van der Waals surface area contributed by atoms with Gasteiger partial charge < -0.3 is 28.8 Å². The van der Waals surface area contributed by atoms with Gasteiger partial charge in [0.2, 0.25) is 0 Å². The zero-order valence-corrected chi connectivity index (χ0v) is 52.0. The van der Waals surface area contributed by atoms with Crippen LogP contribution in [0.1, 0.15) is 121 Å². The summed E-state index contributed by atoms with van der Waals surface area (Å²) in [4.78, 5) is 84.5. The second kappa shape index (κ2) is 28.3. The molecule has 2 aliphatic heterocycles. The molecule has 17 nitrogen and oxygen atoms in total. The summed E-state index contributed by atoms with van der Waals surface area (Å²) in [6, 6.07) is 47.4. The van der Waals surface area contributed by atoms with Crippen molar-refractivity contribution in [1.29, 1.82) is 0 Å². The maximum atomic E-state index is 14.3. The number of aliphatic hydroxyl groups is 1. The number of benzene rings is 4. The fraction of sp³-hybridized carbons (Fsp3) is 0.257. The average Bonchev–Trinajstić information content (AvgIpc) is 1.52. The summed E-state index contributed by atoms with van der Waals surface area (Å²) in [7, 11) is 0. The van der Waals surface area contributed by atoms with E-state index in [4.69, 9.17) is 19.2 Å². The number of aryl methyl sites for hydroxylation is 1. The number of alkyl halides is 3. The first kappa shape index (κ1) is 63.9. The van der Waals surface area contributed by atoms with E-state index >= 15 is 0 Å². The predicted octanol–water partition coefficient (Wildman–Crippen LogP) is 12.4. The van der Waals surface area contributed by atoms with E-state index in [1.165, 1.54) is 12.1 Å². The molecule has 1 amide bonds. The van der Waals surface area contributed by atoms with Gasteiger partial charge in [0.05, 0.1) is 69.5 Å².